The quantitative estimate of drug-likeness (QED) is 0.0470. The molecule has 0 aliphatic heterocycles. The molecular weight excluding hydrogens is 538 g/mol. The first kappa shape index (κ1) is 39.5. The molecule has 0 aromatic carbocycles. The van der Waals surface area contributed by atoms with Gasteiger partial charge in [0.05, 0.1) is 19.8 Å². The normalized spacial score (nSPS) is 16.7. The average Bonchev–Trinajstić information content (AvgIpc) is 3.02. The van der Waals surface area contributed by atoms with E-state index in [0.29, 0.717) is 32.8 Å². The molecule has 0 bridgehead atoms. The van der Waals surface area contributed by atoms with E-state index in [9.17, 15) is 14.4 Å². The number of aldehydes is 2. The molecule has 0 radical (unpaired) electrons. The Morgan fingerprint density at radius 3 is 1.72 bits per heavy atom. The van der Waals surface area contributed by atoms with Gasteiger partial charge in [0.1, 0.15) is 19.2 Å². The van der Waals surface area contributed by atoms with Crippen LogP contribution in [0.5, 0.6) is 0 Å². The fraction of sp³-hybridized carbons (Fsp3) is 0.865. The highest BCUT2D eigenvalue weighted by atomic mass is 16.5. The van der Waals surface area contributed by atoms with Crippen LogP contribution in [0.3, 0.4) is 0 Å². The molecule has 6 heteroatoms. The molecule has 0 atom stereocenters. The number of hydrogen-bond acceptors (Lipinski definition) is 5. The van der Waals surface area contributed by atoms with Gasteiger partial charge in [0.15, 0.2) is 0 Å². The van der Waals surface area contributed by atoms with Gasteiger partial charge < -0.3 is 24.4 Å². The van der Waals surface area contributed by atoms with Gasteiger partial charge in [-0.25, -0.2) is 0 Å². The predicted molar refractivity (Wildman–Crippen MR) is 178 cm³/mol. The van der Waals surface area contributed by atoms with Crippen LogP contribution in [0.4, 0.5) is 0 Å². The van der Waals surface area contributed by atoms with Crippen LogP contribution in [-0.2, 0) is 23.9 Å². The lowest BCUT2D eigenvalue weighted by Crippen LogP contribution is -2.27. The van der Waals surface area contributed by atoms with Crippen molar-refractivity contribution < 1.29 is 23.9 Å². The third kappa shape index (κ3) is 25.5. The second-order valence-corrected chi connectivity index (χ2v) is 12.8. The van der Waals surface area contributed by atoms with Crippen molar-refractivity contribution in [3.63, 3.8) is 0 Å². The monoisotopic (exact) mass is 606 g/mol. The summed E-state index contributed by atoms with van der Waals surface area (Å²) in [5, 5.41) is 2.92. The number of hydrogen-bond donors (Lipinski definition) is 1. The number of ether oxygens (including phenoxy) is 2. The summed E-state index contributed by atoms with van der Waals surface area (Å²) in [6.45, 7) is 6.40. The molecule has 1 amide bonds. The van der Waals surface area contributed by atoms with Crippen LogP contribution in [0, 0.1) is 11.8 Å². The number of amides is 1. The summed E-state index contributed by atoms with van der Waals surface area (Å²) in [6, 6.07) is 0. The molecule has 0 aromatic heterocycles. The maximum Gasteiger partial charge on any atom is 0.220 e. The highest BCUT2D eigenvalue weighted by Crippen LogP contribution is 2.36. The van der Waals surface area contributed by atoms with Gasteiger partial charge in [-0.15, -0.1) is 0 Å². The SMILES string of the molecule is C=C(CCCCCCCCCCCCCCCCCCC=O)C1CCC(CCCC(=O)NCCOCCOCC=O)CC1. The second kappa shape index (κ2) is 30.5. The van der Waals surface area contributed by atoms with Crippen molar-refractivity contribution in [2.75, 3.05) is 33.0 Å². The molecule has 1 fully saturated rings. The summed E-state index contributed by atoms with van der Waals surface area (Å²) in [6.07, 6.45) is 33.2. The van der Waals surface area contributed by atoms with E-state index >= 15 is 0 Å². The number of allylic oxidation sites excluding steroid dienone is 1. The zero-order valence-electron chi connectivity index (χ0n) is 27.8. The lowest BCUT2D eigenvalue weighted by Gasteiger charge is -2.30. The summed E-state index contributed by atoms with van der Waals surface area (Å²) in [5.41, 5.74) is 1.49. The smallest absolute Gasteiger partial charge is 0.220 e. The molecule has 1 rings (SSSR count). The lowest BCUT2D eigenvalue weighted by atomic mass is 9.76. The van der Waals surface area contributed by atoms with E-state index in [0.717, 1.165) is 50.1 Å². The maximum atomic E-state index is 12.1. The van der Waals surface area contributed by atoms with E-state index in [-0.39, 0.29) is 12.5 Å². The molecule has 0 aromatic rings. The topological polar surface area (TPSA) is 81.7 Å². The predicted octanol–water partition coefficient (Wildman–Crippen LogP) is 9.09. The van der Waals surface area contributed by atoms with Gasteiger partial charge in [-0.3, -0.25) is 4.79 Å². The summed E-state index contributed by atoms with van der Waals surface area (Å²) in [7, 11) is 0. The van der Waals surface area contributed by atoms with E-state index in [1.807, 2.05) is 0 Å². The first-order valence-corrected chi connectivity index (χ1v) is 18.1. The summed E-state index contributed by atoms with van der Waals surface area (Å²) in [5.74, 6) is 1.60. The van der Waals surface area contributed by atoms with Crippen LogP contribution in [0.15, 0.2) is 12.2 Å². The van der Waals surface area contributed by atoms with Crippen LogP contribution in [0.1, 0.15) is 161 Å². The van der Waals surface area contributed by atoms with E-state index < -0.39 is 0 Å². The molecule has 0 heterocycles. The lowest BCUT2D eigenvalue weighted by molar-refractivity contribution is -0.121. The van der Waals surface area contributed by atoms with Crippen molar-refractivity contribution in [3.05, 3.63) is 12.2 Å². The van der Waals surface area contributed by atoms with Crippen molar-refractivity contribution in [1.29, 1.82) is 0 Å². The average molecular weight is 606 g/mol. The Morgan fingerprint density at radius 1 is 0.628 bits per heavy atom. The van der Waals surface area contributed by atoms with E-state index in [1.165, 1.54) is 134 Å². The van der Waals surface area contributed by atoms with Crippen LogP contribution in [0.2, 0.25) is 0 Å². The van der Waals surface area contributed by atoms with Crippen LogP contribution in [-0.4, -0.2) is 51.5 Å². The molecule has 0 unspecified atom stereocenters. The third-order valence-electron chi connectivity index (χ3n) is 9.14. The fourth-order valence-corrected chi connectivity index (χ4v) is 6.37. The van der Waals surface area contributed by atoms with Gasteiger partial charge in [-0.1, -0.05) is 102 Å². The molecule has 1 aliphatic rings. The number of unbranched alkanes of at least 4 members (excludes halogenated alkanes) is 16. The third-order valence-corrected chi connectivity index (χ3v) is 9.14. The van der Waals surface area contributed by atoms with Crippen LogP contribution < -0.4 is 5.32 Å². The first-order chi connectivity index (χ1) is 21.2. The minimum absolute atomic E-state index is 0.103. The van der Waals surface area contributed by atoms with Crippen molar-refractivity contribution in [1.82, 2.24) is 5.32 Å². The Kier molecular flexibility index (Phi) is 28.0. The largest absolute Gasteiger partial charge is 0.377 e. The number of nitrogens with one attached hydrogen (secondary N) is 1. The second-order valence-electron chi connectivity index (χ2n) is 12.8. The van der Waals surface area contributed by atoms with Gasteiger partial charge in [0.25, 0.3) is 0 Å². The summed E-state index contributed by atoms with van der Waals surface area (Å²) in [4.78, 5) is 32.5. The van der Waals surface area contributed by atoms with E-state index in [4.69, 9.17) is 9.47 Å². The fourth-order valence-electron chi connectivity index (χ4n) is 6.37. The van der Waals surface area contributed by atoms with E-state index in [1.54, 1.807) is 0 Å². The summed E-state index contributed by atoms with van der Waals surface area (Å²) < 4.78 is 10.4. The number of carbonyl (C=O) groups excluding carboxylic acids is 3. The van der Waals surface area contributed by atoms with Crippen molar-refractivity contribution in [2.45, 2.75) is 161 Å². The molecule has 1 saturated carbocycles. The minimum Gasteiger partial charge on any atom is -0.377 e. The Morgan fingerprint density at radius 2 is 1.16 bits per heavy atom. The zero-order valence-corrected chi connectivity index (χ0v) is 27.8. The van der Waals surface area contributed by atoms with Gasteiger partial charge in [-0.05, 0) is 69.6 Å². The molecule has 250 valence electrons. The molecular formula is C37H67NO5. The molecule has 6 nitrogen and oxygen atoms in total. The zero-order chi connectivity index (χ0) is 31.1. The van der Waals surface area contributed by atoms with Gasteiger partial charge in [0, 0.05) is 19.4 Å². The Balaban J connectivity index is 1.84. The Bertz CT molecular complexity index is 674. The van der Waals surface area contributed by atoms with Crippen molar-refractivity contribution >= 4 is 18.5 Å². The van der Waals surface area contributed by atoms with Gasteiger partial charge in [-0.2, -0.15) is 0 Å². The molecule has 0 saturated heterocycles. The van der Waals surface area contributed by atoms with Crippen molar-refractivity contribution in [2.24, 2.45) is 11.8 Å². The molecule has 0 spiro atoms. The van der Waals surface area contributed by atoms with Gasteiger partial charge in [0.2, 0.25) is 5.91 Å². The molecule has 1 aliphatic carbocycles. The van der Waals surface area contributed by atoms with Crippen LogP contribution in [0.25, 0.3) is 0 Å². The van der Waals surface area contributed by atoms with E-state index in [2.05, 4.69) is 11.9 Å². The summed E-state index contributed by atoms with van der Waals surface area (Å²) >= 11 is 0. The number of carbonyl (C=O) groups is 3. The highest BCUT2D eigenvalue weighted by molar-refractivity contribution is 5.75. The highest BCUT2D eigenvalue weighted by Gasteiger charge is 2.22. The maximum absolute atomic E-state index is 12.1. The molecule has 43 heavy (non-hydrogen) atoms. The standard InChI is InChI=1S/C37H67NO5/c1-34(20-17-15-13-11-9-7-5-3-2-4-6-8-10-12-14-16-18-28-39)36-25-23-35(24-26-36)21-19-22-37(41)38-27-30-42-32-33-43-31-29-40/h28-29,35-36H,1-27,30-33H2,(H,38,41). The van der Waals surface area contributed by atoms with Crippen LogP contribution >= 0.6 is 0 Å². The minimum atomic E-state index is 0.103. The van der Waals surface area contributed by atoms with Crippen molar-refractivity contribution in [3.8, 4) is 0 Å². The molecule has 1 N–H and O–H groups in total. The first-order valence-electron chi connectivity index (χ1n) is 18.1. The van der Waals surface area contributed by atoms with Gasteiger partial charge >= 0.3 is 0 Å². The number of rotatable bonds is 32. The Labute approximate surface area is 264 Å². The Hall–Kier alpha value is -1.53.